The van der Waals surface area contributed by atoms with Gasteiger partial charge in [0.15, 0.2) is 11.5 Å². The maximum atomic E-state index is 9.36. The smallest absolute Gasteiger partial charge is 0.166 e. The molecule has 4 heteroatoms. The molecule has 0 aliphatic rings. The van der Waals surface area contributed by atoms with Gasteiger partial charge in [0.05, 0.1) is 13.2 Å². The van der Waals surface area contributed by atoms with Crippen molar-refractivity contribution in [1.82, 2.24) is 5.32 Å². The highest BCUT2D eigenvalue weighted by atomic mass is 16.5. The lowest BCUT2D eigenvalue weighted by Gasteiger charge is -2.16. The third-order valence-corrected chi connectivity index (χ3v) is 3.50. The van der Waals surface area contributed by atoms with Gasteiger partial charge in [0.25, 0.3) is 0 Å². The Morgan fingerprint density at radius 2 is 1.96 bits per heavy atom. The van der Waals surface area contributed by atoms with Crippen LogP contribution in [0.4, 0.5) is 0 Å². The monoisotopic (exact) mass is 315 g/mol. The first kappa shape index (κ1) is 17.3. The summed E-state index contributed by atoms with van der Waals surface area (Å²) in [4.78, 5) is 0. The van der Waals surface area contributed by atoms with Gasteiger partial charge >= 0.3 is 0 Å². The van der Waals surface area contributed by atoms with Gasteiger partial charge in [0, 0.05) is 18.7 Å². The van der Waals surface area contributed by atoms with Crippen molar-refractivity contribution in [3.8, 4) is 11.5 Å². The van der Waals surface area contributed by atoms with Crippen molar-refractivity contribution in [3.63, 3.8) is 0 Å². The molecule has 1 atom stereocenters. The molecule has 4 nitrogen and oxygen atoms in total. The molecule has 0 spiro atoms. The van der Waals surface area contributed by atoms with E-state index in [4.69, 9.17) is 9.47 Å². The minimum atomic E-state index is -0.378. The summed E-state index contributed by atoms with van der Waals surface area (Å²) in [6.45, 7) is 5.47. The van der Waals surface area contributed by atoms with Crippen molar-refractivity contribution in [2.45, 2.75) is 33.1 Å². The highest BCUT2D eigenvalue weighted by Gasteiger charge is 2.11. The zero-order valence-corrected chi connectivity index (χ0v) is 14.0. The third kappa shape index (κ3) is 5.27. The first-order chi connectivity index (χ1) is 11.1. The van der Waals surface area contributed by atoms with Gasteiger partial charge in [-0.25, -0.2) is 0 Å². The Hall–Kier alpha value is -2.04. The van der Waals surface area contributed by atoms with Crippen LogP contribution in [-0.2, 0) is 13.2 Å². The summed E-state index contributed by atoms with van der Waals surface area (Å²) < 4.78 is 11.5. The fraction of sp³-hybridized carbons (Fsp3) is 0.368. The number of para-hydroxylation sites is 1. The molecule has 0 aliphatic heterocycles. The molecule has 124 valence electrons. The van der Waals surface area contributed by atoms with E-state index < -0.39 is 0 Å². The summed E-state index contributed by atoms with van der Waals surface area (Å²) in [6, 6.07) is 14.1. The third-order valence-electron chi connectivity index (χ3n) is 3.50. The average Bonchev–Trinajstić information content (AvgIpc) is 2.53. The van der Waals surface area contributed by atoms with Crippen molar-refractivity contribution >= 4 is 0 Å². The number of nitrogens with one attached hydrogen (secondary N) is 1. The number of methoxy groups -OCH3 is 1. The van der Waals surface area contributed by atoms with Gasteiger partial charge in [-0.2, -0.15) is 0 Å². The summed E-state index contributed by atoms with van der Waals surface area (Å²) in [5.74, 6) is 1.46. The number of ether oxygens (including phenoxy) is 2. The first-order valence-electron chi connectivity index (χ1n) is 7.83. The second-order valence-electron chi connectivity index (χ2n) is 5.71. The SMILES string of the molecule is COc1cccc(CNC[C@@H](C)O)c1OCc1cccc(C)c1. The molecule has 2 aromatic rings. The largest absolute Gasteiger partial charge is 0.493 e. The van der Waals surface area contributed by atoms with Gasteiger partial charge in [0.1, 0.15) is 6.61 Å². The van der Waals surface area contributed by atoms with E-state index in [9.17, 15) is 5.11 Å². The van der Waals surface area contributed by atoms with Gasteiger partial charge in [0.2, 0.25) is 0 Å². The van der Waals surface area contributed by atoms with Crippen molar-refractivity contribution in [3.05, 3.63) is 59.2 Å². The van der Waals surface area contributed by atoms with E-state index >= 15 is 0 Å². The predicted octanol–water partition coefficient (Wildman–Crippen LogP) is 3.05. The minimum absolute atomic E-state index is 0.378. The van der Waals surface area contributed by atoms with Crippen LogP contribution in [0.15, 0.2) is 42.5 Å². The minimum Gasteiger partial charge on any atom is -0.493 e. The normalized spacial score (nSPS) is 12.0. The van der Waals surface area contributed by atoms with Gasteiger partial charge in [-0.1, -0.05) is 42.0 Å². The molecular weight excluding hydrogens is 290 g/mol. The number of benzene rings is 2. The number of aliphatic hydroxyl groups excluding tert-OH is 1. The van der Waals surface area contributed by atoms with Crippen LogP contribution in [0.3, 0.4) is 0 Å². The molecule has 0 aliphatic carbocycles. The molecule has 0 saturated heterocycles. The number of aryl methyl sites for hydroxylation is 1. The van der Waals surface area contributed by atoms with Crippen LogP contribution in [0.2, 0.25) is 0 Å². The number of hydrogen-bond acceptors (Lipinski definition) is 4. The van der Waals surface area contributed by atoms with E-state index in [0.29, 0.717) is 25.4 Å². The van der Waals surface area contributed by atoms with Crippen LogP contribution in [0, 0.1) is 6.92 Å². The van der Waals surface area contributed by atoms with Crippen molar-refractivity contribution in [2.24, 2.45) is 0 Å². The highest BCUT2D eigenvalue weighted by molar-refractivity contribution is 5.46. The van der Waals surface area contributed by atoms with E-state index in [-0.39, 0.29) is 6.10 Å². The number of hydrogen-bond donors (Lipinski definition) is 2. The Morgan fingerprint density at radius 3 is 2.65 bits per heavy atom. The van der Waals surface area contributed by atoms with Crippen LogP contribution in [0.25, 0.3) is 0 Å². The lowest BCUT2D eigenvalue weighted by Crippen LogP contribution is -2.24. The quantitative estimate of drug-likeness (QED) is 0.786. The molecule has 2 aromatic carbocycles. The molecular formula is C19H25NO3. The van der Waals surface area contributed by atoms with E-state index in [0.717, 1.165) is 16.9 Å². The first-order valence-corrected chi connectivity index (χ1v) is 7.83. The van der Waals surface area contributed by atoms with Crippen molar-refractivity contribution in [1.29, 1.82) is 0 Å². The molecule has 0 saturated carbocycles. The zero-order chi connectivity index (χ0) is 16.7. The number of rotatable bonds is 8. The zero-order valence-electron chi connectivity index (χ0n) is 14.0. The molecule has 2 N–H and O–H groups in total. The Bertz CT molecular complexity index is 626. The molecule has 0 bridgehead atoms. The fourth-order valence-corrected chi connectivity index (χ4v) is 2.40. The molecule has 0 heterocycles. The summed E-state index contributed by atoms with van der Waals surface area (Å²) in [5, 5.41) is 12.6. The molecule has 0 fully saturated rings. The van der Waals surface area contributed by atoms with Crippen LogP contribution in [-0.4, -0.2) is 24.9 Å². The second-order valence-corrected chi connectivity index (χ2v) is 5.71. The maximum Gasteiger partial charge on any atom is 0.166 e. The summed E-state index contributed by atoms with van der Waals surface area (Å²) in [5.41, 5.74) is 3.35. The summed E-state index contributed by atoms with van der Waals surface area (Å²) in [7, 11) is 1.64. The highest BCUT2D eigenvalue weighted by Crippen LogP contribution is 2.31. The van der Waals surface area contributed by atoms with Gasteiger partial charge in [-0.05, 0) is 25.5 Å². The van der Waals surface area contributed by atoms with Crippen LogP contribution in [0.5, 0.6) is 11.5 Å². The fourth-order valence-electron chi connectivity index (χ4n) is 2.40. The molecule has 0 amide bonds. The van der Waals surface area contributed by atoms with Crippen LogP contribution < -0.4 is 14.8 Å². The van der Waals surface area contributed by atoms with Crippen LogP contribution in [0.1, 0.15) is 23.6 Å². The lowest BCUT2D eigenvalue weighted by molar-refractivity contribution is 0.190. The van der Waals surface area contributed by atoms with E-state index in [1.54, 1.807) is 14.0 Å². The van der Waals surface area contributed by atoms with E-state index in [2.05, 4.69) is 24.4 Å². The molecule has 23 heavy (non-hydrogen) atoms. The van der Waals surface area contributed by atoms with E-state index in [1.807, 2.05) is 30.3 Å². The second kappa shape index (κ2) is 8.56. The molecule has 0 unspecified atom stereocenters. The van der Waals surface area contributed by atoms with Gasteiger partial charge in [-0.3, -0.25) is 0 Å². The number of aliphatic hydroxyl groups is 1. The topological polar surface area (TPSA) is 50.7 Å². The van der Waals surface area contributed by atoms with Crippen molar-refractivity contribution < 1.29 is 14.6 Å². The Labute approximate surface area is 138 Å². The predicted molar refractivity (Wildman–Crippen MR) is 91.9 cm³/mol. The van der Waals surface area contributed by atoms with E-state index in [1.165, 1.54) is 5.56 Å². The summed E-state index contributed by atoms with van der Waals surface area (Å²) >= 11 is 0. The van der Waals surface area contributed by atoms with Crippen molar-refractivity contribution in [2.75, 3.05) is 13.7 Å². The van der Waals surface area contributed by atoms with Gasteiger partial charge in [-0.15, -0.1) is 0 Å². The average molecular weight is 315 g/mol. The molecule has 2 rings (SSSR count). The Balaban J connectivity index is 2.11. The molecule has 0 aromatic heterocycles. The van der Waals surface area contributed by atoms with Gasteiger partial charge < -0.3 is 19.9 Å². The Kier molecular flexibility index (Phi) is 6.44. The Morgan fingerprint density at radius 1 is 1.17 bits per heavy atom. The van der Waals surface area contributed by atoms with Crippen LogP contribution >= 0.6 is 0 Å². The molecule has 0 radical (unpaired) electrons. The lowest BCUT2D eigenvalue weighted by atomic mass is 10.1. The standard InChI is InChI=1S/C19H25NO3/c1-14-6-4-7-16(10-14)13-23-19-17(12-20-11-15(2)21)8-5-9-18(19)22-3/h4-10,15,20-21H,11-13H2,1-3H3/t15-/m1/s1. The maximum absolute atomic E-state index is 9.36. The summed E-state index contributed by atoms with van der Waals surface area (Å²) in [6.07, 6.45) is -0.378.